The van der Waals surface area contributed by atoms with Gasteiger partial charge in [0, 0.05) is 17.6 Å². The van der Waals surface area contributed by atoms with E-state index in [-0.39, 0.29) is 5.91 Å². The fourth-order valence-electron chi connectivity index (χ4n) is 3.42. The maximum atomic E-state index is 12.8. The largest absolute Gasteiger partial charge is 0.496 e. The molecule has 0 aromatic heterocycles. The van der Waals surface area contributed by atoms with Gasteiger partial charge in [0.1, 0.15) is 11.5 Å². The number of nitrogens with zero attached hydrogens (tertiary/aromatic N) is 1. The Hall–Kier alpha value is -1.71. The summed E-state index contributed by atoms with van der Waals surface area (Å²) in [4.78, 5) is 14.8. The highest BCUT2D eigenvalue weighted by atomic mass is 16.5. The molecular formula is C18H27NO3. The van der Waals surface area contributed by atoms with Gasteiger partial charge in [0.15, 0.2) is 0 Å². The summed E-state index contributed by atoms with van der Waals surface area (Å²) in [7, 11) is 3.29. The van der Waals surface area contributed by atoms with Crippen molar-refractivity contribution in [3.05, 3.63) is 23.3 Å². The highest BCUT2D eigenvalue weighted by Crippen LogP contribution is 2.30. The number of carbonyl (C=O) groups excluding carboxylic acids is 1. The molecule has 1 aliphatic heterocycles. The number of carbonyl (C=O) groups is 1. The number of piperidine rings is 1. The third-order valence-electron chi connectivity index (χ3n) is 4.62. The van der Waals surface area contributed by atoms with Crippen molar-refractivity contribution >= 4 is 5.91 Å². The molecule has 1 aliphatic rings. The van der Waals surface area contributed by atoms with E-state index in [2.05, 4.69) is 13.8 Å². The van der Waals surface area contributed by atoms with Crippen LogP contribution < -0.4 is 9.47 Å². The molecule has 0 bridgehead atoms. The lowest BCUT2D eigenvalue weighted by atomic mass is 9.96. The number of hydrogen-bond donors (Lipinski definition) is 0. The number of aryl methyl sites for hydroxylation is 1. The molecule has 1 saturated heterocycles. The first-order valence-electron chi connectivity index (χ1n) is 8.00. The Morgan fingerprint density at radius 3 is 2.27 bits per heavy atom. The Kier molecular flexibility index (Phi) is 5.33. The Morgan fingerprint density at radius 2 is 1.73 bits per heavy atom. The molecule has 0 radical (unpaired) electrons. The van der Waals surface area contributed by atoms with E-state index in [0.717, 1.165) is 35.5 Å². The maximum Gasteiger partial charge on any atom is 0.227 e. The van der Waals surface area contributed by atoms with Gasteiger partial charge in [-0.3, -0.25) is 4.79 Å². The summed E-state index contributed by atoms with van der Waals surface area (Å²) in [6.45, 7) is 6.25. The Morgan fingerprint density at radius 1 is 1.14 bits per heavy atom. The molecule has 0 N–H and O–H groups in total. The second kappa shape index (κ2) is 7.03. The summed E-state index contributed by atoms with van der Waals surface area (Å²) in [6, 6.07) is 4.49. The van der Waals surface area contributed by atoms with E-state index >= 15 is 0 Å². The van der Waals surface area contributed by atoms with E-state index in [9.17, 15) is 4.79 Å². The predicted octanol–water partition coefficient (Wildman–Crippen LogP) is 3.34. The Balaban J connectivity index is 2.23. The molecule has 2 unspecified atom stereocenters. The molecule has 1 aromatic rings. The van der Waals surface area contributed by atoms with Crippen LogP contribution in [-0.4, -0.2) is 37.1 Å². The third-order valence-corrected chi connectivity index (χ3v) is 4.62. The number of rotatable bonds is 4. The van der Waals surface area contributed by atoms with Crippen LogP contribution in [0.15, 0.2) is 12.1 Å². The first-order valence-corrected chi connectivity index (χ1v) is 8.00. The quantitative estimate of drug-likeness (QED) is 0.856. The van der Waals surface area contributed by atoms with Gasteiger partial charge in [0.05, 0.1) is 20.6 Å². The van der Waals surface area contributed by atoms with E-state index in [0.29, 0.717) is 18.5 Å². The smallest absolute Gasteiger partial charge is 0.227 e. The molecule has 1 aromatic carbocycles. The van der Waals surface area contributed by atoms with Crippen molar-refractivity contribution in [2.75, 3.05) is 14.2 Å². The molecule has 0 spiro atoms. The summed E-state index contributed by atoms with van der Waals surface area (Å²) < 4.78 is 10.8. The lowest BCUT2D eigenvalue weighted by Crippen LogP contribution is -2.48. The van der Waals surface area contributed by atoms with E-state index in [1.807, 2.05) is 24.0 Å². The van der Waals surface area contributed by atoms with Gasteiger partial charge in [-0.25, -0.2) is 0 Å². The SMILES string of the molecule is COc1cc(CC(=O)N2C(C)CCCC2C)c(OC)cc1C. The van der Waals surface area contributed by atoms with Crippen LogP contribution in [0.5, 0.6) is 11.5 Å². The molecule has 1 heterocycles. The van der Waals surface area contributed by atoms with Crippen LogP contribution in [0.2, 0.25) is 0 Å². The van der Waals surface area contributed by atoms with Crippen LogP contribution in [0.4, 0.5) is 0 Å². The minimum absolute atomic E-state index is 0.170. The van der Waals surface area contributed by atoms with Crippen LogP contribution >= 0.6 is 0 Å². The van der Waals surface area contributed by atoms with E-state index < -0.39 is 0 Å². The molecule has 1 fully saturated rings. The zero-order valence-corrected chi connectivity index (χ0v) is 14.3. The lowest BCUT2D eigenvalue weighted by Gasteiger charge is -2.39. The molecule has 4 nitrogen and oxygen atoms in total. The van der Waals surface area contributed by atoms with Gasteiger partial charge in [-0.05, 0) is 57.7 Å². The topological polar surface area (TPSA) is 38.8 Å². The zero-order chi connectivity index (χ0) is 16.3. The highest BCUT2D eigenvalue weighted by molar-refractivity contribution is 5.80. The monoisotopic (exact) mass is 305 g/mol. The highest BCUT2D eigenvalue weighted by Gasteiger charge is 2.29. The van der Waals surface area contributed by atoms with Crippen LogP contribution in [0.1, 0.15) is 44.2 Å². The number of benzene rings is 1. The number of amides is 1. The predicted molar refractivity (Wildman–Crippen MR) is 87.6 cm³/mol. The fraction of sp³-hybridized carbons (Fsp3) is 0.611. The van der Waals surface area contributed by atoms with Crippen LogP contribution in [0, 0.1) is 6.92 Å². The Bertz CT molecular complexity index is 531. The van der Waals surface area contributed by atoms with Crippen LogP contribution in [0.25, 0.3) is 0 Å². The van der Waals surface area contributed by atoms with Crippen molar-refractivity contribution in [1.82, 2.24) is 4.90 Å². The van der Waals surface area contributed by atoms with Gasteiger partial charge >= 0.3 is 0 Å². The summed E-state index contributed by atoms with van der Waals surface area (Å²) >= 11 is 0. The molecular weight excluding hydrogens is 278 g/mol. The maximum absolute atomic E-state index is 12.8. The first kappa shape index (κ1) is 16.7. The van der Waals surface area contributed by atoms with Crippen LogP contribution in [0.3, 0.4) is 0 Å². The van der Waals surface area contributed by atoms with Crippen molar-refractivity contribution in [2.45, 2.75) is 58.5 Å². The fourth-order valence-corrected chi connectivity index (χ4v) is 3.42. The van der Waals surface area contributed by atoms with Crippen molar-refractivity contribution in [3.63, 3.8) is 0 Å². The number of ether oxygens (including phenoxy) is 2. The van der Waals surface area contributed by atoms with Crippen LogP contribution in [-0.2, 0) is 11.2 Å². The number of likely N-dealkylation sites (tertiary alicyclic amines) is 1. The number of methoxy groups -OCH3 is 2. The normalized spacial score (nSPS) is 21.6. The van der Waals surface area contributed by atoms with Gasteiger partial charge < -0.3 is 14.4 Å². The molecule has 122 valence electrons. The molecule has 22 heavy (non-hydrogen) atoms. The van der Waals surface area contributed by atoms with E-state index in [4.69, 9.17) is 9.47 Å². The van der Waals surface area contributed by atoms with E-state index in [1.165, 1.54) is 6.42 Å². The molecule has 0 aliphatic carbocycles. The van der Waals surface area contributed by atoms with Crippen molar-refractivity contribution in [3.8, 4) is 11.5 Å². The molecule has 1 amide bonds. The standard InChI is InChI=1S/C18H27NO3/c1-12-9-17(22-5)15(10-16(12)21-4)11-18(20)19-13(2)7-6-8-14(19)3/h9-10,13-14H,6-8,11H2,1-5H3. The van der Waals surface area contributed by atoms with Gasteiger partial charge in [-0.2, -0.15) is 0 Å². The van der Waals surface area contributed by atoms with Gasteiger partial charge in [-0.15, -0.1) is 0 Å². The summed E-state index contributed by atoms with van der Waals surface area (Å²) in [6.07, 6.45) is 3.73. The zero-order valence-electron chi connectivity index (χ0n) is 14.3. The van der Waals surface area contributed by atoms with E-state index in [1.54, 1.807) is 14.2 Å². The van der Waals surface area contributed by atoms with Crippen molar-refractivity contribution < 1.29 is 14.3 Å². The van der Waals surface area contributed by atoms with Crippen molar-refractivity contribution in [2.24, 2.45) is 0 Å². The second-order valence-corrected chi connectivity index (χ2v) is 6.24. The average molecular weight is 305 g/mol. The number of hydrogen-bond acceptors (Lipinski definition) is 3. The van der Waals surface area contributed by atoms with Gasteiger partial charge in [-0.1, -0.05) is 0 Å². The molecule has 4 heteroatoms. The minimum Gasteiger partial charge on any atom is -0.496 e. The summed E-state index contributed by atoms with van der Waals surface area (Å²) in [5, 5.41) is 0. The van der Waals surface area contributed by atoms with Gasteiger partial charge in [0.25, 0.3) is 0 Å². The molecule has 2 rings (SSSR count). The Labute approximate surface area is 133 Å². The second-order valence-electron chi connectivity index (χ2n) is 6.24. The first-order chi connectivity index (χ1) is 10.5. The molecule has 2 atom stereocenters. The summed E-state index contributed by atoms with van der Waals surface area (Å²) in [5.74, 6) is 1.72. The lowest BCUT2D eigenvalue weighted by molar-refractivity contribution is -0.136. The van der Waals surface area contributed by atoms with Gasteiger partial charge in [0.2, 0.25) is 5.91 Å². The average Bonchev–Trinajstić information content (AvgIpc) is 2.48. The summed E-state index contributed by atoms with van der Waals surface area (Å²) in [5.41, 5.74) is 1.90. The minimum atomic E-state index is 0.170. The van der Waals surface area contributed by atoms with Crippen molar-refractivity contribution in [1.29, 1.82) is 0 Å². The third kappa shape index (κ3) is 3.37. The molecule has 0 saturated carbocycles.